The molecule has 0 aliphatic carbocycles. The Labute approximate surface area is 130 Å². The number of rotatable bonds is 4. The highest BCUT2D eigenvalue weighted by Gasteiger charge is 2.23. The topological polar surface area (TPSA) is 46.2 Å². The Morgan fingerprint density at radius 3 is 2.55 bits per heavy atom. The molecule has 2 aromatic carbocycles. The summed E-state index contributed by atoms with van der Waals surface area (Å²) in [6.45, 7) is 0.263. The number of aliphatic hydroxyl groups is 1. The maximum Gasteiger partial charge on any atom is 0.141 e. The second-order valence-electron chi connectivity index (χ2n) is 4.48. The molecule has 2 atom stereocenters. The van der Waals surface area contributed by atoms with E-state index in [0.717, 1.165) is 10.0 Å². The van der Waals surface area contributed by atoms with Crippen LogP contribution in [0.1, 0.15) is 23.1 Å². The molecule has 3 N–H and O–H groups in total. The number of benzene rings is 2. The first-order chi connectivity index (χ1) is 9.54. The van der Waals surface area contributed by atoms with Gasteiger partial charge in [-0.2, -0.15) is 0 Å². The van der Waals surface area contributed by atoms with Gasteiger partial charge in [0.1, 0.15) is 5.82 Å². The minimum absolute atomic E-state index is 0.00977. The zero-order valence-electron chi connectivity index (χ0n) is 10.6. The van der Waals surface area contributed by atoms with Crippen molar-refractivity contribution in [1.82, 2.24) is 0 Å². The van der Waals surface area contributed by atoms with Crippen molar-refractivity contribution < 1.29 is 9.50 Å². The second-order valence-corrected chi connectivity index (χ2v) is 5.74. The summed E-state index contributed by atoms with van der Waals surface area (Å²) in [6.07, 6.45) is -0.850. The Hall–Kier alpha value is -0.940. The predicted molar refractivity (Wildman–Crippen MR) is 82.3 cm³/mol. The highest BCUT2D eigenvalue weighted by molar-refractivity contribution is 9.10. The first kappa shape index (κ1) is 15.4. The van der Waals surface area contributed by atoms with Crippen LogP contribution in [0, 0.1) is 5.82 Å². The zero-order valence-corrected chi connectivity index (χ0v) is 12.9. The van der Waals surface area contributed by atoms with Crippen LogP contribution in [-0.2, 0) is 0 Å². The van der Waals surface area contributed by atoms with Gasteiger partial charge in [0.2, 0.25) is 0 Å². The lowest BCUT2D eigenvalue weighted by Crippen LogP contribution is -2.20. The van der Waals surface area contributed by atoms with Gasteiger partial charge in [-0.25, -0.2) is 4.39 Å². The van der Waals surface area contributed by atoms with E-state index in [4.69, 9.17) is 17.3 Å². The van der Waals surface area contributed by atoms with Gasteiger partial charge in [0.15, 0.2) is 0 Å². The average molecular weight is 359 g/mol. The van der Waals surface area contributed by atoms with E-state index in [1.165, 1.54) is 18.2 Å². The van der Waals surface area contributed by atoms with Gasteiger partial charge in [0.05, 0.1) is 11.1 Å². The van der Waals surface area contributed by atoms with Crippen molar-refractivity contribution in [3.8, 4) is 0 Å². The molecule has 0 saturated heterocycles. The summed E-state index contributed by atoms with van der Waals surface area (Å²) < 4.78 is 14.1. The molecule has 0 aromatic heterocycles. The van der Waals surface area contributed by atoms with E-state index in [1.54, 1.807) is 0 Å². The molecule has 0 amide bonds. The molecule has 0 radical (unpaired) electrons. The summed E-state index contributed by atoms with van der Waals surface area (Å²) in [5, 5.41) is 10.5. The molecule has 0 saturated carbocycles. The fourth-order valence-corrected chi connectivity index (χ4v) is 2.90. The van der Waals surface area contributed by atoms with Crippen LogP contribution < -0.4 is 5.73 Å². The highest BCUT2D eigenvalue weighted by Crippen LogP contribution is 2.35. The normalized spacial score (nSPS) is 14.1. The van der Waals surface area contributed by atoms with Crippen molar-refractivity contribution >= 4 is 27.5 Å². The van der Waals surface area contributed by atoms with Gasteiger partial charge in [-0.1, -0.05) is 51.8 Å². The molecule has 2 rings (SSSR count). The van der Waals surface area contributed by atoms with Crippen molar-refractivity contribution in [2.75, 3.05) is 6.54 Å². The maximum absolute atomic E-state index is 13.2. The van der Waals surface area contributed by atoms with E-state index in [1.807, 2.05) is 24.3 Å². The number of hydrogen-bond acceptors (Lipinski definition) is 2. The predicted octanol–water partition coefficient (Wildman–Crippen LogP) is 4.02. The fourth-order valence-electron chi connectivity index (χ4n) is 2.13. The smallest absolute Gasteiger partial charge is 0.141 e. The van der Waals surface area contributed by atoms with Crippen molar-refractivity contribution in [2.45, 2.75) is 12.0 Å². The van der Waals surface area contributed by atoms with Gasteiger partial charge in [0, 0.05) is 16.9 Å². The second kappa shape index (κ2) is 6.68. The largest absolute Gasteiger partial charge is 0.388 e. The van der Waals surface area contributed by atoms with Crippen molar-refractivity contribution in [3.63, 3.8) is 0 Å². The monoisotopic (exact) mass is 357 g/mol. The molecule has 0 spiro atoms. The third-order valence-corrected chi connectivity index (χ3v) is 4.24. The molecule has 0 aliphatic rings. The molecule has 5 heteroatoms. The van der Waals surface area contributed by atoms with E-state index < -0.39 is 11.9 Å². The Kier molecular flexibility index (Phi) is 5.16. The van der Waals surface area contributed by atoms with Gasteiger partial charge in [-0.3, -0.25) is 0 Å². The van der Waals surface area contributed by atoms with Crippen LogP contribution >= 0.6 is 27.5 Å². The molecular formula is C15H14BrClFNO. The van der Waals surface area contributed by atoms with Crippen LogP contribution in [0.15, 0.2) is 46.9 Å². The van der Waals surface area contributed by atoms with Crippen LogP contribution in [0.25, 0.3) is 0 Å². The standard InChI is InChI=1S/C15H14BrClFNO/c16-12-4-2-1-3-10(12)11(8-19)15(20)9-5-6-14(18)13(17)7-9/h1-7,11,15,20H,8,19H2. The molecule has 0 fully saturated rings. The maximum atomic E-state index is 13.2. The van der Waals surface area contributed by atoms with Gasteiger partial charge in [-0.15, -0.1) is 0 Å². The number of aliphatic hydroxyl groups excluding tert-OH is 1. The molecule has 20 heavy (non-hydrogen) atoms. The third kappa shape index (κ3) is 3.20. The van der Waals surface area contributed by atoms with E-state index >= 15 is 0 Å². The first-order valence-corrected chi connectivity index (χ1v) is 7.29. The first-order valence-electron chi connectivity index (χ1n) is 6.12. The summed E-state index contributed by atoms with van der Waals surface area (Å²) >= 11 is 9.21. The Morgan fingerprint density at radius 2 is 1.95 bits per heavy atom. The molecular weight excluding hydrogens is 345 g/mol. The van der Waals surface area contributed by atoms with E-state index in [2.05, 4.69) is 15.9 Å². The van der Waals surface area contributed by atoms with Gasteiger partial charge in [-0.05, 0) is 29.3 Å². The molecule has 2 aromatic rings. The summed E-state index contributed by atoms with van der Waals surface area (Å²) in [4.78, 5) is 0. The summed E-state index contributed by atoms with van der Waals surface area (Å²) in [7, 11) is 0. The van der Waals surface area contributed by atoms with Crippen molar-refractivity contribution in [1.29, 1.82) is 0 Å². The summed E-state index contributed by atoms with van der Waals surface area (Å²) in [5.41, 5.74) is 7.24. The Morgan fingerprint density at radius 1 is 1.25 bits per heavy atom. The zero-order chi connectivity index (χ0) is 14.7. The van der Waals surface area contributed by atoms with Crippen LogP contribution in [0.2, 0.25) is 5.02 Å². The number of hydrogen-bond donors (Lipinski definition) is 2. The SMILES string of the molecule is NCC(c1ccccc1Br)C(O)c1ccc(F)c(Cl)c1. The van der Waals surface area contributed by atoms with Crippen LogP contribution in [0.5, 0.6) is 0 Å². The van der Waals surface area contributed by atoms with Gasteiger partial charge in [0.25, 0.3) is 0 Å². The highest BCUT2D eigenvalue weighted by atomic mass is 79.9. The van der Waals surface area contributed by atoms with Gasteiger partial charge < -0.3 is 10.8 Å². The molecule has 106 valence electrons. The minimum atomic E-state index is -0.850. The molecule has 0 aliphatic heterocycles. The Balaban J connectivity index is 2.36. The van der Waals surface area contributed by atoms with Crippen LogP contribution in [0.3, 0.4) is 0 Å². The quantitative estimate of drug-likeness (QED) is 0.867. The van der Waals surface area contributed by atoms with Gasteiger partial charge >= 0.3 is 0 Å². The third-order valence-electron chi connectivity index (χ3n) is 3.22. The number of halogens is 3. The van der Waals surface area contributed by atoms with E-state index in [9.17, 15) is 9.50 Å². The average Bonchev–Trinajstić information content (AvgIpc) is 2.44. The lowest BCUT2D eigenvalue weighted by Gasteiger charge is -2.23. The van der Waals surface area contributed by atoms with E-state index in [0.29, 0.717) is 5.56 Å². The molecule has 2 unspecified atom stereocenters. The summed E-state index contributed by atoms with van der Waals surface area (Å²) in [6, 6.07) is 11.8. The molecule has 0 heterocycles. The molecule has 0 bridgehead atoms. The lowest BCUT2D eigenvalue weighted by atomic mass is 9.89. The fraction of sp³-hybridized carbons (Fsp3) is 0.200. The lowest BCUT2D eigenvalue weighted by molar-refractivity contribution is 0.147. The summed E-state index contributed by atoms with van der Waals surface area (Å²) in [5.74, 6) is -0.806. The van der Waals surface area contributed by atoms with E-state index in [-0.39, 0.29) is 17.5 Å². The van der Waals surface area contributed by atoms with Crippen LogP contribution in [0.4, 0.5) is 4.39 Å². The van der Waals surface area contributed by atoms with Crippen molar-refractivity contribution in [2.24, 2.45) is 5.73 Å². The minimum Gasteiger partial charge on any atom is -0.388 e. The Bertz CT molecular complexity index is 608. The molecule has 2 nitrogen and oxygen atoms in total. The number of nitrogens with two attached hydrogens (primary N) is 1. The van der Waals surface area contributed by atoms with Crippen LogP contribution in [-0.4, -0.2) is 11.7 Å². The van der Waals surface area contributed by atoms with Crippen molar-refractivity contribution in [3.05, 3.63) is 68.9 Å².